The Morgan fingerprint density at radius 3 is 2.44 bits per heavy atom. The van der Waals surface area contributed by atoms with E-state index in [-0.39, 0.29) is 16.9 Å². The van der Waals surface area contributed by atoms with E-state index < -0.39 is 18.5 Å². The van der Waals surface area contributed by atoms with Crippen molar-refractivity contribution in [3.8, 4) is 11.5 Å². The highest BCUT2D eigenvalue weighted by molar-refractivity contribution is 6.14. The first-order chi connectivity index (χ1) is 16.6. The summed E-state index contributed by atoms with van der Waals surface area (Å²) in [6, 6.07) is 17.1. The number of anilines is 1. The van der Waals surface area contributed by atoms with Gasteiger partial charge in [0.05, 0.1) is 5.56 Å². The summed E-state index contributed by atoms with van der Waals surface area (Å²) in [5, 5.41) is 2.76. The predicted molar refractivity (Wildman–Crippen MR) is 125 cm³/mol. The van der Waals surface area contributed by atoms with Crippen molar-refractivity contribution in [3.05, 3.63) is 88.5 Å². The Hall–Kier alpha value is -4.13. The third-order valence-electron chi connectivity index (χ3n) is 5.91. The zero-order valence-corrected chi connectivity index (χ0v) is 18.5. The Bertz CT molecular complexity index is 1280. The van der Waals surface area contributed by atoms with Crippen LogP contribution < -0.4 is 14.8 Å². The van der Waals surface area contributed by atoms with Gasteiger partial charge in [0.1, 0.15) is 13.2 Å². The van der Waals surface area contributed by atoms with Crippen molar-refractivity contribution in [1.29, 1.82) is 0 Å². The average Bonchev–Trinajstić information content (AvgIpc) is 3.34. The lowest BCUT2D eigenvalue weighted by molar-refractivity contribution is -0.119. The maximum absolute atomic E-state index is 13.1. The predicted octanol–water partition coefficient (Wildman–Crippen LogP) is 3.97. The van der Waals surface area contributed by atoms with Gasteiger partial charge < -0.3 is 19.5 Å². The van der Waals surface area contributed by atoms with Gasteiger partial charge in [0, 0.05) is 16.8 Å². The van der Waals surface area contributed by atoms with Crippen LogP contribution >= 0.6 is 0 Å². The summed E-state index contributed by atoms with van der Waals surface area (Å²) in [6.45, 7) is 0.401. The topological polar surface area (TPSA) is 90.9 Å². The van der Waals surface area contributed by atoms with Crippen molar-refractivity contribution in [2.24, 2.45) is 0 Å². The lowest BCUT2D eigenvalue weighted by atomic mass is 9.98. The van der Waals surface area contributed by atoms with Gasteiger partial charge in [-0.1, -0.05) is 24.3 Å². The van der Waals surface area contributed by atoms with E-state index in [4.69, 9.17) is 14.2 Å². The maximum atomic E-state index is 13.1. The van der Waals surface area contributed by atoms with Crippen molar-refractivity contribution < 1.29 is 28.6 Å². The molecule has 2 aliphatic rings. The van der Waals surface area contributed by atoms with E-state index in [1.165, 1.54) is 17.2 Å². The average molecular weight is 457 g/mol. The van der Waals surface area contributed by atoms with Gasteiger partial charge in [0.2, 0.25) is 0 Å². The summed E-state index contributed by atoms with van der Waals surface area (Å²) in [5.41, 5.74) is 3.86. The Labute approximate surface area is 196 Å². The molecule has 7 nitrogen and oxygen atoms in total. The van der Waals surface area contributed by atoms with Gasteiger partial charge in [-0.2, -0.15) is 0 Å². The van der Waals surface area contributed by atoms with E-state index in [0.29, 0.717) is 36.0 Å². The summed E-state index contributed by atoms with van der Waals surface area (Å²) in [5.74, 6) is -0.482. The van der Waals surface area contributed by atoms with E-state index in [0.717, 1.165) is 19.3 Å². The summed E-state index contributed by atoms with van der Waals surface area (Å²) in [4.78, 5) is 38.2. The summed E-state index contributed by atoms with van der Waals surface area (Å²) in [7, 11) is 0. The van der Waals surface area contributed by atoms with E-state index in [1.54, 1.807) is 36.4 Å². The molecule has 0 aromatic heterocycles. The van der Waals surface area contributed by atoms with Gasteiger partial charge in [-0.05, 0) is 66.8 Å². The maximum Gasteiger partial charge on any atom is 0.339 e. The number of hydrogen-bond acceptors (Lipinski definition) is 6. The normalized spacial score (nSPS) is 13.6. The Morgan fingerprint density at radius 2 is 1.59 bits per heavy atom. The molecular formula is C27H23NO6. The molecule has 0 bridgehead atoms. The first kappa shape index (κ1) is 21.7. The fourth-order valence-corrected chi connectivity index (χ4v) is 4.25. The molecule has 0 unspecified atom stereocenters. The summed E-state index contributed by atoms with van der Waals surface area (Å²) < 4.78 is 16.3. The molecule has 1 aliphatic heterocycles. The van der Waals surface area contributed by atoms with E-state index in [9.17, 15) is 14.4 Å². The van der Waals surface area contributed by atoms with Crippen molar-refractivity contribution in [2.45, 2.75) is 19.3 Å². The molecule has 1 N–H and O–H groups in total. The smallest absolute Gasteiger partial charge is 0.339 e. The van der Waals surface area contributed by atoms with Crippen LogP contribution in [0.3, 0.4) is 0 Å². The molecule has 1 amide bonds. The summed E-state index contributed by atoms with van der Waals surface area (Å²) in [6.07, 6.45) is 3.18. The summed E-state index contributed by atoms with van der Waals surface area (Å²) >= 11 is 0. The number of amides is 1. The highest BCUT2D eigenvalue weighted by atomic mass is 16.6. The molecule has 0 radical (unpaired) electrons. The Balaban J connectivity index is 1.26. The molecule has 7 heteroatoms. The number of rotatable bonds is 6. The second-order valence-electron chi connectivity index (χ2n) is 8.19. The monoisotopic (exact) mass is 457 g/mol. The van der Waals surface area contributed by atoms with Crippen molar-refractivity contribution in [3.63, 3.8) is 0 Å². The molecule has 5 rings (SSSR count). The van der Waals surface area contributed by atoms with Crippen LogP contribution in [0.4, 0.5) is 5.69 Å². The standard InChI is InChI=1S/C27H23NO6/c29-25(28-20-10-8-17-4-3-5-18(17)14-20)16-34-27(31)22-7-2-1-6-21(22)26(30)19-9-11-23-24(15-19)33-13-12-32-23/h1-2,6-11,14-15H,3-5,12-13,16H2,(H,28,29). The van der Waals surface area contributed by atoms with Crippen LogP contribution in [-0.4, -0.2) is 37.5 Å². The van der Waals surface area contributed by atoms with Crippen molar-refractivity contribution >= 4 is 23.3 Å². The zero-order chi connectivity index (χ0) is 23.5. The number of fused-ring (bicyclic) bond motifs is 2. The molecule has 0 spiro atoms. The second-order valence-corrected chi connectivity index (χ2v) is 8.19. The van der Waals surface area contributed by atoms with Gasteiger partial charge in [-0.25, -0.2) is 4.79 Å². The fourth-order valence-electron chi connectivity index (χ4n) is 4.25. The van der Waals surface area contributed by atoms with Crippen molar-refractivity contribution in [2.75, 3.05) is 25.1 Å². The first-order valence-corrected chi connectivity index (χ1v) is 11.2. The number of nitrogens with one attached hydrogen (secondary N) is 1. The van der Waals surface area contributed by atoms with Crippen LogP contribution in [-0.2, 0) is 22.4 Å². The number of ketones is 1. The van der Waals surface area contributed by atoms with E-state index in [1.807, 2.05) is 18.2 Å². The van der Waals surface area contributed by atoms with Gasteiger partial charge >= 0.3 is 5.97 Å². The molecule has 3 aromatic carbocycles. The minimum absolute atomic E-state index is 0.0905. The second kappa shape index (κ2) is 9.39. The Kier molecular flexibility index (Phi) is 5.99. The van der Waals surface area contributed by atoms with Crippen molar-refractivity contribution in [1.82, 2.24) is 0 Å². The molecule has 1 heterocycles. The lowest BCUT2D eigenvalue weighted by Crippen LogP contribution is -2.22. The molecular weight excluding hydrogens is 434 g/mol. The number of hydrogen-bond donors (Lipinski definition) is 1. The number of carbonyl (C=O) groups excluding carboxylic acids is 3. The van der Waals surface area contributed by atoms with Gasteiger partial charge in [-0.3, -0.25) is 9.59 Å². The van der Waals surface area contributed by atoms with Gasteiger partial charge in [0.15, 0.2) is 23.9 Å². The quantitative estimate of drug-likeness (QED) is 0.445. The van der Waals surface area contributed by atoms with Crippen LogP contribution in [0.5, 0.6) is 11.5 Å². The molecule has 0 atom stereocenters. The van der Waals surface area contributed by atoms with Crippen LogP contribution in [0.15, 0.2) is 60.7 Å². The molecule has 0 fully saturated rings. The van der Waals surface area contributed by atoms with Crippen LogP contribution in [0.2, 0.25) is 0 Å². The zero-order valence-electron chi connectivity index (χ0n) is 18.5. The Morgan fingerprint density at radius 1 is 0.824 bits per heavy atom. The highest BCUT2D eigenvalue weighted by Gasteiger charge is 2.22. The number of carbonyl (C=O) groups is 3. The lowest BCUT2D eigenvalue weighted by Gasteiger charge is -2.18. The first-order valence-electron chi connectivity index (χ1n) is 11.2. The van der Waals surface area contributed by atoms with E-state index in [2.05, 4.69) is 5.32 Å². The molecule has 0 saturated heterocycles. The third kappa shape index (κ3) is 4.50. The van der Waals surface area contributed by atoms with Crippen LogP contribution in [0, 0.1) is 0 Å². The van der Waals surface area contributed by atoms with Gasteiger partial charge in [0.25, 0.3) is 5.91 Å². The number of esters is 1. The van der Waals surface area contributed by atoms with E-state index >= 15 is 0 Å². The number of aryl methyl sites for hydroxylation is 2. The minimum Gasteiger partial charge on any atom is -0.486 e. The minimum atomic E-state index is -0.745. The molecule has 172 valence electrons. The SMILES string of the molecule is O=C(COC(=O)c1ccccc1C(=O)c1ccc2c(c1)OCCO2)Nc1ccc2c(c1)CCC2. The molecule has 0 saturated carbocycles. The number of ether oxygens (including phenoxy) is 3. The van der Waals surface area contributed by atoms with Gasteiger partial charge in [-0.15, -0.1) is 0 Å². The van der Waals surface area contributed by atoms with Crippen LogP contribution in [0.25, 0.3) is 0 Å². The molecule has 34 heavy (non-hydrogen) atoms. The third-order valence-corrected chi connectivity index (χ3v) is 5.91. The highest BCUT2D eigenvalue weighted by Crippen LogP contribution is 2.32. The molecule has 3 aromatic rings. The van der Waals surface area contributed by atoms with Crippen LogP contribution in [0.1, 0.15) is 43.8 Å². The number of benzene rings is 3. The fraction of sp³-hybridized carbons (Fsp3) is 0.222. The molecule has 1 aliphatic carbocycles. The largest absolute Gasteiger partial charge is 0.486 e.